The number of halogens is 1. The number of anilines is 1. The van der Waals surface area contributed by atoms with Gasteiger partial charge in [0.25, 0.3) is 0 Å². The maximum atomic E-state index is 10.8. The molecule has 0 unspecified atom stereocenters. The summed E-state index contributed by atoms with van der Waals surface area (Å²) in [5, 5.41) is 18.0. The monoisotopic (exact) mass is 279 g/mol. The smallest absolute Gasteiger partial charge is 0.338 e. The second-order valence-corrected chi connectivity index (χ2v) is 4.16. The van der Waals surface area contributed by atoms with Gasteiger partial charge in [0, 0.05) is 23.0 Å². The van der Waals surface area contributed by atoms with Crippen molar-refractivity contribution in [3.8, 4) is 0 Å². The summed E-state index contributed by atoms with van der Waals surface area (Å²) in [6.45, 7) is 1.52. The second-order valence-electron chi connectivity index (χ2n) is 3.72. The van der Waals surface area contributed by atoms with E-state index in [0.29, 0.717) is 5.02 Å². The quantitative estimate of drug-likeness (QED) is 0.683. The van der Waals surface area contributed by atoms with Crippen LogP contribution >= 0.6 is 11.6 Å². The lowest BCUT2D eigenvalue weighted by Crippen LogP contribution is -1.91. The molecule has 0 saturated heterocycles. The lowest BCUT2D eigenvalue weighted by Gasteiger charge is -1.99. The van der Waals surface area contributed by atoms with Crippen LogP contribution in [0.4, 0.5) is 11.4 Å². The van der Waals surface area contributed by atoms with E-state index in [-0.39, 0.29) is 17.1 Å². The maximum absolute atomic E-state index is 10.8. The molecule has 0 atom stereocenters. The number of nitrogens with one attached hydrogen (secondary N) is 1. The average Bonchev–Trinajstić information content (AvgIpc) is 2.73. The predicted molar refractivity (Wildman–Crippen MR) is 72.0 cm³/mol. The summed E-state index contributed by atoms with van der Waals surface area (Å²) < 4.78 is 4.87. The van der Waals surface area contributed by atoms with Crippen molar-refractivity contribution in [2.24, 2.45) is 0 Å². The fourth-order valence-electron chi connectivity index (χ4n) is 1.47. The largest absolute Gasteiger partial charge is 0.362 e. The molecular weight excluding hydrogens is 270 g/mol. The van der Waals surface area contributed by atoms with Crippen LogP contribution in [0.2, 0.25) is 5.02 Å². The Bertz CT molecular complexity index is 620. The summed E-state index contributed by atoms with van der Waals surface area (Å²) in [4.78, 5) is 10.3. The topological polar surface area (TPSA) is 81.2 Å². The highest BCUT2D eigenvalue weighted by Crippen LogP contribution is 2.23. The maximum Gasteiger partial charge on any atom is 0.338 e. The van der Waals surface area contributed by atoms with Crippen molar-refractivity contribution < 1.29 is 9.45 Å². The Morgan fingerprint density at radius 2 is 2.11 bits per heavy atom. The van der Waals surface area contributed by atoms with E-state index >= 15 is 0 Å². The number of nitro groups is 1. The van der Waals surface area contributed by atoms with Gasteiger partial charge in [-0.3, -0.25) is 10.1 Å². The van der Waals surface area contributed by atoms with Gasteiger partial charge in [0.2, 0.25) is 5.76 Å². The highest BCUT2D eigenvalue weighted by atomic mass is 35.5. The van der Waals surface area contributed by atoms with Crippen LogP contribution in [0.15, 0.2) is 35.0 Å². The lowest BCUT2D eigenvalue weighted by atomic mass is 10.3. The Labute approximate surface area is 113 Å². The molecule has 1 aromatic carbocycles. The van der Waals surface area contributed by atoms with Crippen LogP contribution in [-0.2, 0) is 0 Å². The molecule has 2 aromatic rings. The molecule has 19 heavy (non-hydrogen) atoms. The summed E-state index contributed by atoms with van der Waals surface area (Å²) in [6, 6.07) is 7.04. The minimum Gasteiger partial charge on any atom is -0.362 e. The molecule has 98 valence electrons. The first-order chi connectivity index (χ1) is 9.08. The first kappa shape index (κ1) is 13.1. The third-order valence-electron chi connectivity index (χ3n) is 2.37. The van der Waals surface area contributed by atoms with Gasteiger partial charge in [-0.25, -0.2) is 0 Å². The zero-order valence-corrected chi connectivity index (χ0v) is 10.7. The van der Waals surface area contributed by atoms with Crippen LogP contribution < -0.4 is 5.32 Å². The lowest BCUT2D eigenvalue weighted by molar-refractivity contribution is -0.386. The molecule has 0 aliphatic heterocycles. The summed E-state index contributed by atoms with van der Waals surface area (Å²) >= 11 is 5.76. The molecule has 2 rings (SSSR count). The second kappa shape index (κ2) is 5.53. The normalized spacial score (nSPS) is 10.8. The van der Waals surface area contributed by atoms with Gasteiger partial charge in [0.15, 0.2) is 5.69 Å². The molecule has 1 aromatic heterocycles. The minimum absolute atomic E-state index is 0.101. The Morgan fingerprint density at radius 1 is 1.42 bits per heavy atom. The Balaban J connectivity index is 2.11. The Hall–Kier alpha value is -2.34. The molecular formula is C12H10ClN3O3. The zero-order valence-electron chi connectivity index (χ0n) is 9.96. The van der Waals surface area contributed by atoms with E-state index < -0.39 is 4.92 Å². The van der Waals surface area contributed by atoms with E-state index in [4.69, 9.17) is 16.1 Å². The van der Waals surface area contributed by atoms with Gasteiger partial charge in [-0.1, -0.05) is 16.8 Å². The predicted octanol–water partition coefficient (Wildman–Crippen LogP) is 3.63. The molecule has 0 fully saturated rings. The van der Waals surface area contributed by atoms with Gasteiger partial charge in [0.1, 0.15) is 0 Å². The van der Waals surface area contributed by atoms with Gasteiger partial charge >= 0.3 is 5.69 Å². The molecule has 0 amide bonds. The number of benzene rings is 1. The fourth-order valence-corrected chi connectivity index (χ4v) is 1.60. The molecule has 0 aliphatic rings. The van der Waals surface area contributed by atoms with Gasteiger partial charge in [-0.2, -0.15) is 0 Å². The van der Waals surface area contributed by atoms with Crippen LogP contribution in [0.3, 0.4) is 0 Å². The van der Waals surface area contributed by atoms with Crippen molar-refractivity contribution in [2.75, 3.05) is 5.32 Å². The van der Waals surface area contributed by atoms with Gasteiger partial charge in [-0.05, 0) is 31.2 Å². The van der Waals surface area contributed by atoms with Crippen molar-refractivity contribution in [2.45, 2.75) is 6.92 Å². The first-order valence-corrected chi connectivity index (χ1v) is 5.75. The van der Waals surface area contributed by atoms with Gasteiger partial charge in [-0.15, -0.1) is 0 Å². The van der Waals surface area contributed by atoms with Gasteiger partial charge < -0.3 is 9.84 Å². The minimum atomic E-state index is -0.520. The molecule has 0 radical (unpaired) electrons. The summed E-state index contributed by atoms with van der Waals surface area (Å²) in [5.74, 6) is 0.101. The highest BCUT2D eigenvalue weighted by Gasteiger charge is 2.21. The summed E-state index contributed by atoms with van der Waals surface area (Å²) in [5.41, 5.74) is 0.921. The number of hydrogen-bond donors (Lipinski definition) is 1. The van der Waals surface area contributed by atoms with Crippen molar-refractivity contribution in [1.82, 2.24) is 5.16 Å². The molecule has 0 bridgehead atoms. The summed E-state index contributed by atoms with van der Waals surface area (Å²) in [6.07, 6.45) is 2.99. The molecule has 1 N–H and O–H groups in total. The Kier molecular flexibility index (Phi) is 3.82. The highest BCUT2D eigenvalue weighted by molar-refractivity contribution is 6.30. The fraction of sp³-hybridized carbons (Fsp3) is 0.0833. The number of aryl methyl sites for hydroxylation is 1. The van der Waals surface area contributed by atoms with Crippen LogP contribution in [0.1, 0.15) is 11.5 Å². The standard InChI is InChI=1S/C12H10ClN3O3/c1-8-12(16(17)18)11(19-15-8)6-7-14-10-4-2-9(13)3-5-10/h2-7,14H,1H3. The molecule has 7 heteroatoms. The van der Waals surface area contributed by atoms with Crippen LogP contribution in [0.5, 0.6) is 0 Å². The van der Waals surface area contributed by atoms with Crippen molar-refractivity contribution in [1.29, 1.82) is 0 Å². The molecule has 0 spiro atoms. The van der Waals surface area contributed by atoms with Crippen LogP contribution in [0, 0.1) is 17.0 Å². The van der Waals surface area contributed by atoms with E-state index in [0.717, 1.165) is 5.69 Å². The summed E-state index contributed by atoms with van der Waals surface area (Å²) in [7, 11) is 0. The Morgan fingerprint density at radius 3 is 2.74 bits per heavy atom. The molecule has 1 heterocycles. The van der Waals surface area contributed by atoms with E-state index in [1.165, 1.54) is 19.2 Å². The molecule has 0 aliphatic carbocycles. The van der Waals surface area contributed by atoms with E-state index in [2.05, 4.69) is 10.5 Å². The number of aromatic nitrogens is 1. The average molecular weight is 280 g/mol. The van der Waals surface area contributed by atoms with Gasteiger partial charge in [0.05, 0.1) is 4.92 Å². The van der Waals surface area contributed by atoms with Crippen molar-refractivity contribution in [3.63, 3.8) is 0 Å². The zero-order chi connectivity index (χ0) is 13.8. The van der Waals surface area contributed by atoms with E-state index in [1.807, 2.05) is 0 Å². The molecule has 0 saturated carbocycles. The van der Waals surface area contributed by atoms with E-state index in [1.54, 1.807) is 24.3 Å². The number of nitrogens with zero attached hydrogens (tertiary/aromatic N) is 2. The number of hydrogen-bond acceptors (Lipinski definition) is 5. The van der Waals surface area contributed by atoms with Crippen molar-refractivity contribution in [3.05, 3.63) is 57.1 Å². The van der Waals surface area contributed by atoms with Crippen LogP contribution in [-0.4, -0.2) is 10.1 Å². The molecule has 6 nitrogen and oxygen atoms in total. The van der Waals surface area contributed by atoms with Crippen LogP contribution in [0.25, 0.3) is 6.08 Å². The third kappa shape index (κ3) is 3.11. The van der Waals surface area contributed by atoms with Crippen molar-refractivity contribution >= 4 is 29.1 Å². The van der Waals surface area contributed by atoms with E-state index in [9.17, 15) is 10.1 Å². The number of rotatable bonds is 4. The first-order valence-electron chi connectivity index (χ1n) is 5.37. The third-order valence-corrected chi connectivity index (χ3v) is 2.62. The SMILES string of the molecule is Cc1noc(C=CNc2ccc(Cl)cc2)c1[N+](=O)[O-].